The fourth-order valence-corrected chi connectivity index (χ4v) is 2.04. The molecule has 1 aromatic heterocycles. The number of nitrogens with zero attached hydrogens (tertiary/aromatic N) is 1. The van der Waals surface area contributed by atoms with Gasteiger partial charge < -0.3 is 4.74 Å². The quantitative estimate of drug-likeness (QED) is 0.770. The summed E-state index contributed by atoms with van der Waals surface area (Å²) in [5, 5.41) is 0. The van der Waals surface area contributed by atoms with Crippen LogP contribution in [0.5, 0.6) is 5.75 Å². The normalized spacial score (nSPS) is 10.2. The average Bonchev–Trinajstić information content (AvgIpc) is 2.47. The molecule has 1 heterocycles. The Hall–Kier alpha value is -2.16. The SMILES string of the molecule is CCCc1cccc(C(=O)c2ccncc2OC)c1. The molecule has 3 heteroatoms. The second kappa shape index (κ2) is 6.14. The largest absolute Gasteiger partial charge is 0.494 e. The van der Waals surface area contributed by atoms with Crippen molar-refractivity contribution in [2.75, 3.05) is 7.11 Å². The first-order chi connectivity index (χ1) is 9.26. The van der Waals surface area contributed by atoms with Crippen molar-refractivity contribution in [3.8, 4) is 5.75 Å². The lowest BCUT2D eigenvalue weighted by Gasteiger charge is -2.07. The van der Waals surface area contributed by atoms with Crippen molar-refractivity contribution < 1.29 is 9.53 Å². The second-order valence-corrected chi connectivity index (χ2v) is 4.36. The van der Waals surface area contributed by atoms with Crippen LogP contribution in [0.2, 0.25) is 0 Å². The van der Waals surface area contributed by atoms with Crippen molar-refractivity contribution in [2.45, 2.75) is 19.8 Å². The third-order valence-corrected chi connectivity index (χ3v) is 2.98. The average molecular weight is 255 g/mol. The van der Waals surface area contributed by atoms with Crippen LogP contribution in [0.4, 0.5) is 0 Å². The molecule has 0 N–H and O–H groups in total. The minimum atomic E-state index is -0.0304. The van der Waals surface area contributed by atoms with Crippen LogP contribution in [0.15, 0.2) is 42.7 Å². The minimum Gasteiger partial charge on any atom is -0.494 e. The van der Waals surface area contributed by atoms with Crippen LogP contribution in [0.25, 0.3) is 0 Å². The zero-order valence-electron chi connectivity index (χ0n) is 11.2. The van der Waals surface area contributed by atoms with Crippen molar-refractivity contribution in [3.05, 3.63) is 59.4 Å². The third kappa shape index (κ3) is 2.99. The molecule has 0 bridgehead atoms. The van der Waals surface area contributed by atoms with Gasteiger partial charge in [-0.1, -0.05) is 31.5 Å². The van der Waals surface area contributed by atoms with E-state index in [1.807, 2.05) is 24.3 Å². The van der Waals surface area contributed by atoms with Crippen LogP contribution in [0.3, 0.4) is 0 Å². The monoisotopic (exact) mass is 255 g/mol. The molecule has 0 aliphatic heterocycles. The molecule has 98 valence electrons. The Morgan fingerprint density at radius 2 is 2.16 bits per heavy atom. The Kier molecular flexibility index (Phi) is 4.29. The topological polar surface area (TPSA) is 39.2 Å². The first kappa shape index (κ1) is 13.3. The molecule has 0 unspecified atom stereocenters. The lowest BCUT2D eigenvalue weighted by atomic mass is 10.00. The van der Waals surface area contributed by atoms with Crippen molar-refractivity contribution in [2.24, 2.45) is 0 Å². The lowest BCUT2D eigenvalue weighted by molar-refractivity contribution is 0.103. The summed E-state index contributed by atoms with van der Waals surface area (Å²) in [6.45, 7) is 2.13. The van der Waals surface area contributed by atoms with Gasteiger partial charge in [0, 0.05) is 11.8 Å². The number of hydrogen-bond donors (Lipinski definition) is 0. The number of pyridine rings is 1. The van der Waals surface area contributed by atoms with Crippen molar-refractivity contribution in [1.82, 2.24) is 4.98 Å². The molecule has 0 amide bonds. The lowest BCUT2D eigenvalue weighted by Crippen LogP contribution is -2.04. The van der Waals surface area contributed by atoms with E-state index in [9.17, 15) is 4.79 Å². The number of ether oxygens (including phenoxy) is 1. The van der Waals surface area contributed by atoms with Crippen LogP contribution in [0, 0.1) is 0 Å². The summed E-state index contributed by atoms with van der Waals surface area (Å²) >= 11 is 0. The third-order valence-electron chi connectivity index (χ3n) is 2.98. The van der Waals surface area contributed by atoms with Gasteiger partial charge in [-0.2, -0.15) is 0 Å². The molecule has 19 heavy (non-hydrogen) atoms. The molecule has 0 spiro atoms. The molecule has 2 aromatic rings. The minimum absolute atomic E-state index is 0.0304. The van der Waals surface area contributed by atoms with E-state index < -0.39 is 0 Å². The maximum absolute atomic E-state index is 12.5. The molecule has 0 atom stereocenters. The number of hydrogen-bond acceptors (Lipinski definition) is 3. The highest BCUT2D eigenvalue weighted by atomic mass is 16.5. The van der Waals surface area contributed by atoms with Gasteiger partial charge >= 0.3 is 0 Å². The van der Waals surface area contributed by atoms with Crippen LogP contribution < -0.4 is 4.74 Å². The summed E-state index contributed by atoms with van der Waals surface area (Å²) < 4.78 is 5.18. The maximum Gasteiger partial charge on any atom is 0.196 e. The summed E-state index contributed by atoms with van der Waals surface area (Å²) in [5.41, 5.74) is 2.42. The van der Waals surface area contributed by atoms with E-state index >= 15 is 0 Å². The number of ketones is 1. The molecule has 3 nitrogen and oxygen atoms in total. The highest BCUT2D eigenvalue weighted by Gasteiger charge is 2.14. The predicted octanol–water partition coefficient (Wildman–Crippen LogP) is 3.27. The number of carbonyl (C=O) groups excluding carboxylic acids is 1. The molecule has 0 aliphatic rings. The molecule has 0 saturated carbocycles. The van der Waals surface area contributed by atoms with Gasteiger partial charge in [-0.3, -0.25) is 9.78 Å². The first-order valence-corrected chi connectivity index (χ1v) is 6.38. The smallest absolute Gasteiger partial charge is 0.196 e. The van der Waals surface area contributed by atoms with Crippen molar-refractivity contribution >= 4 is 5.78 Å². The van der Waals surface area contributed by atoms with E-state index in [2.05, 4.69) is 11.9 Å². The Labute approximate surface area is 113 Å². The zero-order chi connectivity index (χ0) is 13.7. The van der Waals surface area contributed by atoms with E-state index in [-0.39, 0.29) is 5.78 Å². The Bertz CT molecular complexity index is 578. The van der Waals surface area contributed by atoms with Gasteiger partial charge in [-0.25, -0.2) is 0 Å². The summed E-state index contributed by atoms with van der Waals surface area (Å²) in [4.78, 5) is 16.4. The summed E-state index contributed by atoms with van der Waals surface area (Å²) in [6, 6.07) is 9.44. The highest BCUT2D eigenvalue weighted by molar-refractivity contribution is 6.10. The fraction of sp³-hybridized carbons (Fsp3) is 0.250. The second-order valence-electron chi connectivity index (χ2n) is 4.36. The Morgan fingerprint density at radius 3 is 2.89 bits per heavy atom. The van der Waals surface area contributed by atoms with Gasteiger partial charge in [0.15, 0.2) is 5.78 Å². The van der Waals surface area contributed by atoms with E-state index in [1.54, 1.807) is 25.6 Å². The molecule has 0 aliphatic carbocycles. The molecule has 0 saturated heterocycles. The van der Waals surface area contributed by atoms with Crippen molar-refractivity contribution in [3.63, 3.8) is 0 Å². The van der Waals surface area contributed by atoms with E-state index in [0.717, 1.165) is 12.8 Å². The molecule has 0 radical (unpaired) electrons. The molecule has 0 fully saturated rings. The van der Waals surface area contributed by atoms with Gasteiger partial charge in [0.05, 0.1) is 18.9 Å². The van der Waals surface area contributed by atoms with Crippen LogP contribution >= 0.6 is 0 Å². The highest BCUT2D eigenvalue weighted by Crippen LogP contribution is 2.20. The zero-order valence-corrected chi connectivity index (χ0v) is 11.2. The summed E-state index contributed by atoms with van der Waals surface area (Å²) in [7, 11) is 1.54. The van der Waals surface area contributed by atoms with Gasteiger partial charge in [-0.15, -0.1) is 0 Å². The molecule has 2 rings (SSSR count). The van der Waals surface area contributed by atoms with E-state index in [0.29, 0.717) is 16.9 Å². The van der Waals surface area contributed by atoms with Crippen molar-refractivity contribution in [1.29, 1.82) is 0 Å². The number of carbonyl (C=O) groups is 1. The summed E-state index contributed by atoms with van der Waals surface area (Å²) in [6.07, 6.45) is 5.21. The Morgan fingerprint density at radius 1 is 1.32 bits per heavy atom. The fourth-order valence-electron chi connectivity index (χ4n) is 2.04. The van der Waals surface area contributed by atoms with E-state index in [4.69, 9.17) is 4.74 Å². The molecule has 1 aromatic carbocycles. The van der Waals surface area contributed by atoms with Gasteiger partial charge in [0.1, 0.15) is 5.75 Å². The van der Waals surface area contributed by atoms with Crippen LogP contribution in [0.1, 0.15) is 34.8 Å². The molecular weight excluding hydrogens is 238 g/mol. The number of aromatic nitrogens is 1. The molecular formula is C16H17NO2. The van der Waals surface area contributed by atoms with Crippen LogP contribution in [-0.2, 0) is 6.42 Å². The Balaban J connectivity index is 2.35. The first-order valence-electron chi connectivity index (χ1n) is 6.38. The van der Waals surface area contributed by atoms with E-state index in [1.165, 1.54) is 5.56 Å². The number of rotatable bonds is 5. The summed E-state index contributed by atoms with van der Waals surface area (Å²) in [5.74, 6) is 0.477. The van der Waals surface area contributed by atoms with Gasteiger partial charge in [-0.05, 0) is 24.1 Å². The number of aryl methyl sites for hydroxylation is 1. The predicted molar refractivity (Wildman–Crippen MR) is 74.7 cm³/mol. The standard InChI is InChI=1S/C16H17NO2/c1-3-5-12-6-4-7-13(10-12)16(18)14-8-9-17-11-15(14)19-2/h4,6-11H,3,5H2,1-2H3. The van der Waals surface area contributed by atoms with Gasteiger partial charge in [0.2, 0.25) is 0 Å². The number of methoxy groups -OCH3 is 1. The maximum atomic E-state index is 12.5. The van der Waals surface area contributed by atoms with Gasteiger partial charge in [0.25, 0.3) is 0 Å². The number of benzene rings is 1. The van der Waals surface area contributed by atoms with Crippen LogP contribution in [-0.4, -0.2) is 17.9 Å².